The number of ether oxygens (including phenoxy) is 1. The smallest absolute Gasteiger partial charge is 0.261 e. The lowest BCUT2D eigenvalue weighted by molar-refractivity contribution is 0.0144. The van der Waals surface area contributed by atoms with Crippen LogP contribution in [0.5, 0.6) is 0 Å². The van der Waals surface area contributed by atoms with Crippen molar-refractivity contribution in [2.24, 2.45) is 0 Å². The summed E-state index contributed by atoms with van der Waals surface area (Å²) in [6.07, 6.45) is -1.69. The normalized spacial score (nSPS) is 12.9. The van der Waals surface area contributed by atoms with E-state index >= 15 is 0 Å². The molecule has 0 aliphatic rings. The van der Waals surface area contributed by atoms with Gasteiger partial charge in [0.1, 0.15) is 6.61 Å². The first kappa shape index (κ1) is 15.1. The minimum atomic E-state index is -2.39. The molecular formula is C14H21F2NO. The maximum atomic E-state index is 12.0. The van der Waals surface area contributed by atoms with E-state index in [2.05, 4.69) is 24.4 Å². The van der Waals surface area contributed by atoms with E-state index in [1.165, 1.54) is 11.1 Å². The minimum Gasteiger partial charge on any atom is -0.375 e. The highest BCUT2D eigenvalue weighted by Gasteiger charge is 2.12. The van der Waals surface area contributed by atoms with Gasteiger partial charge in [-0.15, -0.1) is 0 Å². The summed E-state index contributed by atoms with van der Waals surface area (Å²) in [6.45, 7) is 4.79. The van der Waals surface area contributed by atoms with E-state index in [1.54, 1.807) is 0 Å². The Morgan fingerprint density at radius 3 is 2.61 bits per heavy atom. The summed E-state index contributed by atoms with van der Waals surface area (Å²) < 4.78 is 28.9. The van der Waals surface area contributed by atoms with Crippen molar-refractivity contribution < 1.29 is 13.5 Å². The van der Waals surface area contributed by atoms with Gasteiger partial charge < -0.3 is 10.1 Å². The molecule has 1 N–H and O–H groups in total. The molecule has 0 radical (unpaired) electrons. The van der Waals surface area contributed by atoms with Crippen LogP contribution < -0.4 is 5.32 Å². The van der Waals surface area contributed by atoms with Gasteiger partial charge in [0.2, 0.25) is 0 Å². The van der Waals surface area contributed by atoms with Gasteiger partial charge in [0.25, 0.3) is 6.43 Å². The molecule has 0 bridgehead atoms. The molecule has 0 aliphatic carbocycles. The highest BCUT2D eigenvalue weighted by molar-refractivity contribution is 5.28. The lowest BCUT2D eigenvalue weighted by Crippen LogP contribution is -2.23. The van der Waals surface area contributed by atoms with Crippen LogP contribution in [0.2, 0.25) is 0 Å². The second-order valence-corrected chi connectivity index (χ2v) is 4.22. The van der Waals surface area contributed by atoms with Gasteiger partial charge in [-0.05, 0) is 31.0 Å². The van der Waals surface area contributed by atoms with E-state index in [-0.39, 0.29) is 6.04 Å². The second-order valence-electron chi connectivity index (χ2n) is 4.22. The first-order chi connectivity index (χ1) is 8.65. The molecule has 1 unspecified atom stereocenters. The van der Waals surface area contributed by atoms with Gasteiger partial charge >= 0.3 is 0 Å². The fourth-order valence-electron chi connectivity index (χ4n) is 1.97. The van der Waals surface area contributed by atoms with Crippen LogP contribution in [-0.2, 0) is 4.74 Å². The van der Waals surface area contributed by atoms with Crippen molar-refractivity contribution in [3.8, 4) is 0 Å². The van der Waals surface area contributed by atoms with Crippen LogP contribution in [0.15, 0.2) is 24.3 Å². The standard InChI is InChI=1S/C14H21F2NO/c1-3-17-13(8-9-18-10-14(15)16)12-7-5-4-6-11(12)2/h4-7,13-14,17H,3,8-10H2,1-2H3. The van der Waals surface area contributed by atoms with E-state index in [1.807, 2.05) is 19.1 Å². The highest BCUT2D eigenvalue weighted by Crippen LogP contribution is 2.20. The van der Waals surface area contributed by atoms with Gasteiger partial charge in [-0.2, -0.15) is 0 Å². The van der Waals surface area contributed by atoms with Crippen molar-refractivity contribution in [1.29, 1.82) is 0 Å². The molecule has 18 heavy (non-hydrogen) atoms. The monoisotopic (exact) mass is 257 g/mol. The first-order valence-electron chi connectivity index (χ1n) is 6.30. The maximum absolute atomic E-state index is 12.0. The number of nitrogens with one attached hydrogen (secondary N) is 1. The Morgan fingerprint density at radius 2 is 2.00 bits per heavy atom. The molecule has 2 nitrogen and oxygen atoms in total. The maximum Gasteiger partial charge on any atom is 0.261 e. The van der Waals surface area contributed by atoms with Crippen LogP contribution in [0.3, 0.4) is 0 Å². The summed E-state index contributed by atoms with van der Waals surface area (Å²) >= 11 is 0. The molecule has 1 rings (SSSR count). The van der Waals surface area contributed by atoms with E-state index in [0.29, 0.717) is 13.0 Å². The molecule has 102 valence electrons. The Balaban J connectivity index is 2.52. The van der Waals surface area contributed by atoms with Gasteiger partial charge in [-0.1, -0.05) is 31.2 Å². The molecule has 0 saturated carbocycles. The number of hydrogen-bond acceptors (Lipinski definition) is 2. The van der Waals surface area contributed by atoms with Gasteiger partial charge in [-0.25, -0.2) is 8.78 Å². The summed E-state index contributed by atoms with van der Waals surface area (Å²) in [7, 11) is 0. The molecule has 0 aromatic heterocycles. The second kappa shape index (κ2) is 8.16. The molecule has 0 spiro atoms. The number of aryl methyl sites for hydroxylation is 1. The van der Waals surface area contributed by atoms with Crippen LogP contribution in [0.25, 0.3) is 0 Å². The molecule has 1 atom stereocenters. The number of benzene rings is 1. The molecule has 1 aromatic carbocycles. The molecule has 0 fully saturated rings. The SMILES string of the molecule is CCNC(CCOCC(F)F)c1ccccc1C. The van der Waals surface area contributed by atoms with Crippen molar-refractivity contribution in [1.82, 2.24) is 5.32 Å². The van der Waals surface area contributed by atoms with E-state index in [4.69, 9.17) is 4.74 Å². The van der Waals surface area contributed by atoms with Crippen LogP contribution in [0.4, 0.5) is 8.78 Å². The number of hydrogen-bond donors (Lipinski definition) is 1. The summed E-state index contributed by atoms with van der Waals surface area (Å²) in [5, 5.41) is 3.36. The molecule has 0 heterocycles. The van der Waals surface area contributed by atoms with Crippen LogP contribution in [0.1, 0.15) is 30.5 Å². The quantitative estimate of drug-likeness (QED) is 0.721. The fraction of sp³-hybridized carbons (Fsp3) is 0.571. The van der Waals surface area contributed by atoms with E-state index in [9.17, 15) is 8.78 Å². The highest BCUT2D eigenvalue weighted by atomic mass is 19.3. The van der Waals surface area contributed by atoms with Gasteiger partial charge in [0.05, 0.1) is 0 Å². The minimum absolute atomic E-state index is 0.161. The first-order valence-corrected chi connectivity index (χ1v) is 6.30. The summed E-state index contributed by atoms with van der Waals surface area (Å²) in [5.74, 6) is 0. The lowest BCUT2D eigenvalue weighted by atomic mass is 9.99. The topological polar surface area (TPSA) is 21.3 Å². The summed E-state index contributed by atoms with van der Waals surface area (Å²) in [4.78, 5) is 0. The van der Waals surface area contributed by atoms with Crippen molar-refractivity contribution in [3.63, 3.8) is 0 Å². The largest absolute Gasteiger partial charge is 0.375 e. The Morgan fingerprint density at radius 1 is 1.28 bits per heavy atom. The Bertz CT molecular complexity index is 344. The Hall–Kier alpha value is -1.00. The number of alkyl halides is 2. The van der Waals surface area contributed by atoms with E-state index < -0.39 is 13.0 Å². The van der Waals surface area contributed by atoms with Gasteiger partial charge in [-0.3, -0.25) is 0 Å². The van der Waals surface area contributed by atoms with Crippen molar-refractivity contribution in [2.45, 2.75) is 32.7 Å². The lowest BCUT2D eigenvalue weighted by Gasteiger charge is -2.20. The fourth-order valence-corrected chi connectivity index (χ4v) is 1.97. The third kappa shape index (κ3) is 5.10. The average Bonchev–Trinajstić information content (AvgIpc) is 2.34. The zero-order chi connectivity index (χ0) is 13.4. The van der Waals surface area contributed by atoms with Crippen molar-refractivity contribution in [3.05, 3.63) is 35.4 Å². The molecule has 0 aliphatic heterocycles. The van der Waals surface area contributed by atoms with Gasteiger partial charge in [0.15, 0.2) is 0 Å². The van der Waals surface area contributed by atoms with Crippen LogP contribution in [-0.4, -0.2) is 26.2 Å². The summed E-state index contributed by atoms with van der Waals surface area (Å²) in [5.41, 5.74) is 2.41. The third-order valence-corrected chi connectivity index (χ3v) is 2.81. The Labute approximate surface area is 107 Å². The molecular weight excluding hydrogens is 236 g/mol. The molecule has 4 heteroatoms. The summed E-state index contributed by atoms with van der Waals surface area (Å²) in [6, 6.07) is 8.27. The molecule has 0 amide bonds. The number of halogens is 2. The van der Waals surface area contributed by atoms with Crippen molar-refractivity contribution >= 4 is 0 Å². The predicted molar refractivity (Wildman–Crippen MR) is 69.0 cm³/mol. The number of rotatable bonds is 8. The van der Waals surface area contributed by atoms with Crippen LogP contribution in [0, 0.1) is 6.92 Å². The van der Waals surface area contributed by atoms with Crippen LogP contribution >= 0.6 is 0 Å². The molecule has 0 saturated heterocycles. The predicted octanol–water partition coefficient (Wildman–Crippen LogP) is 3.32. The van der Waals surface area contributed by atoms with Gasteiger partial charge in [0, 0.05) is 12.6 Å². The third-order valence-electron chi connectivity index (χ3n) is 2.81. The van der Waals surface area contributed by atoms with E-state index in [0.717, 1.165) is 6.54 Å². The average molecular weight is 257 g/mol. The Kier molecular flexibility index (Phi) is 6.83. The zero-order valence-corrected chi connectivity index (χ0v) is 11.0. The molecule has 1 aromatic rings. The zero-order valence-electron chi connectivity index (χ0n) is 11.0. The van der Waals surface area contributed by atoms with Crippen molar-refractivity contribution in [2.75, 3.05) is 19.8 Å².